The van der Waals surface area contributed by atoms with Gasteiger partial charge in [-0.1, -0.05) is 6.92 Å². The van der Waals surface area contributed by atoms with Crippen molar-refractivity contribution in [1.82, 2.24) is 0 Å². The number of rotatable bonds is 8. The molecule has 0 aromatic carbocycles. The highest BCUT2D eigenvalue weighted by Crippen LogP contribution is 2.29. The minimum atomic E-state index is -0.542. The maximum absolute atomic E-state index is 12.0. The zero-order valence-electron chi connectivity index (χ0n) is 14.7. The predicted octanol–water partition coefficient (Wildman–Crippen LogP) is 3.10. The lowest BCUT2D eigenvalue weighted by atomic mass is 10.1. The largest absolute Gasteiger partial charge is 0.460 e. The zero-order valence-corrected chi connectivity index (χ0v) is 14.7. The van der Waals surface area contributed by atoms with Gasteiger partial charge >= 0.3 is 11.9 Å². The summed E-state index contributed by atoms with van der Waals surface area (Å²) in [6, 6.07) is 0. The van der Waals surface area contributed by atoms with Crippen molar-refractivity contribution >= 4 is 11.9 Å². The van der Waals surface area contributed by atoms with Gasteiger partial charge in [0.2, 0.25) is 0 Å². The lowest BCUT2D eigenvalue weighted by Gasteiger charge is -2.23. The minimum absolute atomic E-state index is 0.0279. The van der Waals surface area contributed by atoms with Crippen molar-refractivity contribution in [3.05, 3.63) is 0 Å². The minimum Gasteiger partial charge on any atom is -0.460 e. The molecular formula is C17H30O5. The molecule has 0 N–H and O–H groups in total. The molecule has 0 saturated heterocycles. The molecule has 5 heteroatoms. The predicted molar refractivity (Wildman–Crippen MR) is 83.3 cm³/mol. The van der Waals surface area contributed by atoms with Crippen LogP contribution >= 0.6 is 0 Å². The fraction of sp³-hybridized carbons (Fsp3) is 0.882. The van der Waals surface area contributed by atoms with Crippen LogP contribution in [0.4, 0.5) is 0 Å². The van der Waals surface area contributed by atoms with E-state index in [4.69, 9.17) is 14.2 Å². The fourth-order valence-electron chi connectivity index (χ4n) is 1.82. The molecule has 0 spiro atoms. The van der Waals surface area contributed by atoms with Crippen LogP contribution in [0.25, 0.3) is 0 Å². The normalized spacial score (nSPS) is 19.2. The summed E-state index contributed by atoms with van der Waals surface area (Å²) in [6.07, 6.45) is 2.02. The van der Waals surface area contributed by atoms with Crippen LogP contribution in [0.2, 0.25) is 0 Å². The van der Waals surface area contributed by atoms with Gasteiger partial charge in [-0.2, -0.15) is 0 Å². The molecule has 128 valence electrons. The van der Waals surface area contributed by atoms with Crippen LogP contribution in [0.5, 0.6) is 0 Å². The van der Waals surface area contributed by atoms with Gasteiger partial charge in [-0.25, -0.2) is 0 Å². The second-order valence-electron chi connectivity index (χ2n) is 7.32. The van der Waals surface area contributed by atoms with E-state index in [0.717, 1.165) is 6.61 Å². The number of carbonyl (C=O) groups is 2. The number of hydrogen-bond donors (Lipinski definition) is 0. The van der Waals surface area contributed by atoms with Crippen LogP contribution < -0.4 is 0 Å². The van der Waals surface area contributed by atoms with Crippen molar-refractivity contribution in [2.45, 2.75) is 78.6 Å². The molecule has 1 rings (SSSR count). The highest BCUT2D eigenvalue weighted by molar-refractivity contribution is 5.79. The molecule has 0 amide bonds. The molecule has 3 atom stereocenters. The van der Waals surface area contributed by atoms with E-state index in [-0.39, 0.29) is 30.6 Å². The summed E-state index contributed by atoms with van der Waals surface area (Å²) < 4.78 is 16.3. The molecule has 0 aliphatic heterocycles. The number of esters is 2. The average Bonchev–Trinajstić information content (AvgIpc) is 3.16. The zero-order chi connectivity index (χ0) is 16.9. The van der Waals surface area contributed by atoms with Crippen LogP contribution in [0, 0.1) is 11.8 Å². The molecule has 22 heavy (non-hydrogen) atoms. The lowest BCUT2D eigenvalue weighted by molar-refractivity contribution is -0.166. The summed E-state index contributed by atoms with van der Waals surface area (Å²) in [5, 5.41) is 0. The first-order chi connectivity index (χ1) is 10.1. The third kappa shape index (κ3) is 7.78. The fourth-order valence-corrected chi connectivity index (χ4v) is 1.82. The van der Waals surface area contributed by atoms with Crippen LogP contribution in [0.1, 0.15) is 60.8 Å². The Hall–Kier alpha value is -1.10. The highest BCUT2D eigenvalue weighted by atomic mass is 16.6. The third-order valence-corrected chi connectivity index (χ3v) is 3.55. The molecule has 1 aliphatic rings. The van der Waals surface area contributed by atoms with E-state index >= 15 is 0 Å². The monoisotopic (exact) mass is 314 g/mol. The van der Waals surface area contributed by atoms with Gasteiger partial charge in [0, 0.05) is 6.61 Å². The van der Waals surface area contributed by atoms with Crippen LogP contribution in [0.15, 0.2) is 0 Å². The van der Waals surface area contributed by atoms with Crippen molar-refractivity contribution in [2.24, 2.45) is 11.8 Å². The van der Waals surface area contributed by atoms with Crippen molar-refractivity contribution in [3.8, 4) is 0 Å². The van der Waals surface area contributed by atoms with E-state index in [1.165, 1.54) is 12.8 Å². The molecule has 1 saturated carbocycles. The van der Waals surface area contributed by atoms with E-state index in [2.05, 4.69) is 0 Å². The molecule has 5 nitrogen and oxygen atoms in total. The Kier molecular flexibility index (Phi) is 6.85. The Balaban J connectivity index is 2.30. The van der Waals surface area contributed by atoms with E-state index in [1.807, 2.05) is 13.8 Å². The second kappa shape index (κ2) is 7.95. The molecule has 0 bridgehead atoms. The number of ether oxygens (including phenoxy) is 3. The smallest absolute Gasteiger partial charge is 0.309 e. The van der Waals surface area contributed by atoms with Gasteiger partial charge < -0.3 is 14.2 Å². The molecule has 0 radical (unpaired) electrons. The summed E-state index contributed by atoms with van der Waals surface area (Å²) in [6.45, 7) is 11.5. The Morgan fingerprint density at radius 1 is 1.09 bits per heavy atom. The van der Waals surface area contributed by atoms with Crippen LogP contribution in [0.3, 0.4) is 0 Å². The summed E-state index contributed by atoms with van der Waals surface area (Å²) in [7, 11) is 0. The summed E-state index contributed by atoms with van der Waals surface area (Å²) in [5.41, 5.74) is -0.542. The maximum atomic E-state index is 12.0. The maximum Gasteiger partial charge on any atom is 0.309 e. The molecule has 1 aliphatic carbocycles. The first-order valence-corrected chi connectivity index (χ1v) is 8.12. The second-order valence-corrected chi connectivity index (χ2v) is 7.32. The van der Waals surface area contributed by atoms with Gasteiger partial charge in [0.05, 0.1) is 18.4 Å². The van der Waals surface area contributed by atoms with Crippen LogP contribution in [-0.4, -0.2) is 36.4 Å². The lowest BCUT2D eigenvalue weighted by Crippen LogP contribution is -2.32. The van der Waals surface area contributed by atoms with Crippen molar-refractivity contribution in [2.75, 3.05) is 6.61 Å². The Labute approximate surface area is 133 Å². The first-order valence-electron chi connectivity index (χ1n) is 8.12. The topological polar surface area (TPSA) is 61.8 Å². The molecule has 0 aromatic rings. The van der Waals surface area contributed by atoms with E-state index in [9.17, 15) is 9.59 Å². The molecule has 1 fully saturated rings. The molecular weight excluding hydrogens is 284 g/mol. The summed E-state index contributed by atoms with van der Waals surface area (Å²) >= 11 is 0. The van der Waals surface area contributed by atoms with Gasteiger partial charge in [0.15, 0.2) is 0 Å². The summed E-state index contributed by atoms with van der Waals surface area (Å²) in [4.78, 5) is 23.7. The first kappa shape index (κ1) is 18.9. The van der Waals surface area contributed by atoms with E-state index in [1.54, 1.807) is 27.7 Å². The standard InChI is InChI=1S/C17H30O5/c1-11(9-15(18)22-17(4,5)6)16(19)21-13(3)12(2)20-10-14-7-8-14/h11-14H,7-10H2,1-6H3/t11-,12-,13+/m1/s1. The molecule has 0 unspecified atom stereocenters. The van der Waals surface area contributed by atoms with Gasteiger partial charge in [0.1, 0.15) is 11.7 Å². The van der Waals surface area contributed by atoms with Crippen molar-refractivity contribution < 1.29 is 23.8 Å². The summed E-state index contributed by atoms with van der Waals surface area (Å²) in [5.74, 6) is -0.618. The number of carbonyl (C=O) groups excluding carboxylic acids is 2. The SMILES string of the molecule is C[C@H](CC(=O)OC(C)(C)C)C(=O)O[C@@H](C)[C@@H](C)OCC1CC1. The van der Waals surface area contributed by atoms with Gasteiger partial charge in [-0.15, -0.1) is 0 Å². The van der Waals surface area contributed by atoms with E-state index < -0.39 is 11.5 Å². The quantitative estimate of drug-likeness (QED) is 0.644. The van der Waals surface area contributed by atoms with Crippen molar-refractivity contribution in [1.29, 1.82) is 0 Å². The third-order valence-electron chi connectivity index (χ3n) is 3.55. The van der Waals surface area contributed by atoms with E-state index in [0.29, 0.717) is 5.92 Å². The van der Waals surface area contributed by atoms with Crippen LogP contribution in [-0.2, 0) is 23.8 Å². The van der Waals surface area contributed by atoms with Gasteiger partial charge in [-0.05, 0) is 53.4 Å². The average molecular weight is 314 g/mol. The molecule has 0 heterocycles. The van der Waals surface area contributed by atoms with Gasteiger partial charge in [0.25, 0.3) is 0 Å². The Morgan fingerprint density at radius 2 is 1.68 bits per heavy atom. The van der Waals surface area contributed by atoms with Gasteiger partial charge in [-0.3, -0.25) is 9.59 Å². The molecule has 0 aromatic heterocycles. The Morgan fingerprint density at radius 3 is 2.18 bits per heavy atom. The van der Waals surface area contributed by atoms with Crippen molar-refractivity contribution in [3.63, 3.8) is 0 Å². The number of hydrogen-bond acceptors (Lipinski definition) is 5. The Bertz CT molecular complexity index is 381. The highest BCUT2D eigenvalue weighted by Gasteiger charge is 2.27.